The molecular weight excluding hydrogens is 326 g/mol. The summed E-state index contributed by atoms with van der Waals surface area (Å²) in [5.74, 6) is 1.65. The first-order valence-corrected chi connectivity index (χ1v) is 8.56. The van der Waals surface area contributed by atoms with E-state index in [1.54, 1.807) is 19.1 Å². The standard InChI is InChI=1S/C17H19N3O3S/c1-19-9-20-15(21)7-12(13(8-18)17(20)24-10-19)11-5-4-6-14(22-2)16(11)23-3/h4-6,12H,7,9-10H2,1-3H3/t12-/m1/s1. The van der Waals surface area contributed by atoms with Gasteiger partial charge in [-0.3, -0.25) is 14.6 Å². The molecule has 0 aromatic heterocycles. The number of hydrogen-bond donors (Lipinski definition) is 0. The zero-order chi connectivity index (χ0) is 17.3. The van der Waals surface area contributed by atoms with E-state index in [9.17, 15) is 10.1 Å². The minimum atomic E-state index is -0.310. The predicted molar refractivity (Wildman–Crippen MR) is 91.5 cm³/mol. The zero-order valence-corrected chi connectivity index (χ0v) is 14.7. The van der Waals surface area contributed by atoms with E-state index < -0.39 is 0 Å². The lowest BCUT2D eigenvalue weighted by Gasteiger charge is -2.40. The molecule has 0 bridgehead atoms. The van der Waals surface area contributed by atoms with Crippen LogP contribution in [0.25, 0.3) is 0 Å². The van der Waals surface area contributed by atoms with E-state index in [1.807, 2.05) is 30.1 Å². The summed E-state index contributed by atoms with van der Waals surface area (Å²) in [6.07, 6.45) is 0.254. The fraction of sp³-hybridized carbons (Fsp3) is 0.412. The summed E-state index contributed by atoms with van der Waals surface area (Å²) >= 11 is 1.53. The average molecular weight is 345 g/mol. The minimum absolute atomic E-state index is 0.0259. The molecule has 0 radical (unpaired) electrons. The van der Waals surface area contributed by atoms with E-state index in [0.717, 1.165) is 16.5 Å². The van der Waals surface area contributed by atoms with Crippen LogP contribution in [0, 0.1) is 11.3 Å². The molecule has 3 rings (SSSR count). The van der Waals surface area contributed by atoms with Crippen LogP contribution in [0.2, 0.25) is 0 Å². The molecule has 0 aliphatic carbocycles. The summed E-state index contributed by atoms with van der Waals surface area (Å²) in [6.45, 7) is 0.522. The first kappa shape index (κ1) is 16.7. The number of amides is 1. The Hall–Kier alpha value is -2.17. The van der Waals surface area contributed by atoms with Gasteiger partial charge in [0.1, 0.15) is 0 Å². The molecule has 2 aliphatic heterocycles. The summed E-state index contributed by atoms with van der Waals surface area (Å²) < 4.78 is 10.9. The van der Waals surface area contributed by atoms with Crippen LogP contribution in [-0.4, -0.2) is 49.5 Å². The maximum Gasteiger partial charge on any atom is 0.229 e. The molecule has 24 heavy (non-hydrogen) atoms. The lowest BCUT2D eigenvalue weighted by molar-refractivity contribution is -0.131. The number of allylic oxidation sites excluding steroid dienone is 1. The molecule has 1 atom stereocenters. The lowest BCUT2D eigenvalue weighted by Crippen LogP contribution is -2.45. The number of fused-ring (bicyclic) bond motifs is 1. The molecule has 1 aromatic carbocycles. The van der Waals surface area contributed by atoms with Crippen molar-refractivity contribution in [3.8, 4) is 17.6 Å². The number of nitriles is 1. The van der Waals surface area contributed by atoms with E-state index >= 15 is 0 Å². The minimum Gasteiger partial charge on any atom is -0.493 e. The topological polar surface area (TPSA) is 65.8 Å². The fourth-order valence-electron chi connectivity index (χ4n) is 3.12. The van der Waals surface area contributed by atoms with E-state index in [4.69, 9.17) is 9.47 Å². The molecule has 0 N–H and O–H groups in total. The summed E-state index contributed by atoms with van der Waals surface area (Å²) in [7, 11) is 5.11. The third-order valence-electron chi connectivity index (χ3n) is 4.24. The van der Waals surface area contributed by atoms with Crippen LogP contribution in [0.1, 0.15) is 17.9 Å². The molecule has 0 unspecified atom stereocenters. The molecule has 0 spiro atoms. The third-order valence-corrected chi connectivity index (χ3v) is 5.52. The van der Waals surface area contributed by atoms with E-state index in [1.165, 1.54) is 11.8 Å². The summed E-state index contributed by atoms with van der Waals surface area (Å²) in [4.78, 5) is 16.4. The van der Waals surface area contributed by atoms with Gasteiger partial charge in [-0.2, -0.15) is 5.26 Å². The number of thioether (sulfide) groups is 1. The molecule has 6 nitrogen and oxygen atoms in total. The fourth-order valence-corrected chi connectivity index (χ4v) is 4.21. The van der Waals surface area contributed by atoms with Crippen molar-refractivity contribution in [1.29, 1.82) is 5.26 Å². The van der Waals surface area contributed by atoms with Crippen LogP contribution in [0.3, 0.4) is 0 Å². The van der Waals surface area contributed by atoms with Crippen LogP contribution in [0.15, 0.2) is 28.8 Å². The molecule has 2 aliphatic rings. The van der Waals surface area contributed by atoms with Gasteiger partial charge in [0.2, 0.25) is 5.91 Å². The Bertz CT molecular complexity index is 741. The Morgan fingerprint density at radius 2 is 2.12 bits per heavy atom. The van der Waals surface area contributed by atoms with Gasteiger partial charge >= 0.3 is 0 Å². The van der Waals surface area contributed by atoms with Crippen LogP contribution < -0.4 is 9.47 Å². The van der Waals surface area contributed by atoms with Crippen molar-refractivity contribution in [2.24, 2.45) is 0 Å². The van der Waals surface area contributed by atoms with Crippen molar-refractivity contribution in [3.63, 3.8) is 0 Å². The first-order valence-electron chi connectivity index (χ1n) is 7.57. The van der Waals surface area contributed by atoms with E-state index in [2.05, 4.69) is 6.07 Å². The molecule has 1 aromatic rings. The molecule has 1 fully saturated rings. The monoisotopic (exact) mass is 345 g/mol. The van der Waals surface area contributed by atoms with Crippen molar-refractivity contribution >= 4 is 17.7 Å². The van der Waals surface area contributed by atoms with Gasteiger partial charge in [0, 0.05) is 17.9 Å². The van der Waals surface area contributed by atoms with Gasteiger partial charge in [-0.15, -0.1) is 0 Å². The number of benzene rings is 1. The predicted octanol–water partition coefficient (Wildman–Crippen LogP) is 2.35. The largest absolute Gasteiger partial charge is 0.493 e. The number of hydrogen-bond acceptors (Lipinski definition) is 6. The third kappa shape index (κ3) is 2.72. The van der Waals surface area contributed by atoms with Gasteiger partial charge in [0.15, 0.2) is 11.5 Å². The number of para-hydroxylation sites is 1. The van der Waals surface area contributed by atoms with Crippen LogP contribution in [0.4, 0.5) is 0 Å². The number of nitrogens with zero attached hydrogens (tertiary/aromatic N) is 3. The SMILES string of the molecule is COc1cccc([C@H]2CC(=O)N3CN(C)CSC3=C2C#N)c1OC. The van der Waals surface area contributed by atoms with Crippen LogP contribution >= 0.6 is 11.8 Å². The molecule has 7 heteroatoms. The number of ether oxygens (including phenoxy) is 2. The maximum absolute atomic E-state index is 12.6. The number of rotatable bonds is 3. The van der Waals surface area contributed by atoms with Crippen LogP contribution in [0.5, 0.6) is 11.5 Å². The van der Waals surface area contributed by atoms with Crippen LogP contribution in [-0.2, 0) is 4.79 Å². The van der Waals surface area contributed by atoms with Crippen molar-refractivity contribution in [1.82, 2.24) is 9.80 Å². The Labute approximate surface area is 145 Å². The lowest BCUT2D eigenvalue weighted by atomic mass is 9.85. The van der Waals surface area contributed by atoms with E-state index in [0.29, 0.717) is 23.7 Å². The number of methoxy groups -OCH3 is 2. The van der Waals surface area contributed by atoms with Gasteiger partial charge < -0.3 is 9.47 Å². The maximum atomic E-state index is 12.6. The highest BCUT2D eigenvalue weighted by Crippen LogP contribution is 2.46. The van der Waals surface area contributed by atoms with Crippen molar-refractivity contribution in [2.75, 3.05) is 33.8 Å². The normalized spacial score (nSPS) is 21.3. The number of carbonyl (C=O) groups is 1. The summed E-state index contributed by atoms with van der Waals surface area (Å²) in [5, 5.41) is 10.5. The molecule has 1 amide bonds. The Balaban J connectivity index is 2.11. The smallest absolute Gasteiger partial charge is 0.229 e. The first-order chi connectivity index (χ1) is 11.6. The average Bonchev–Trinajstić information content (AvgIpc) is 2.61. The van der Waals surface area contributed by atoms with Gasteiger partial charge in [-0.05, 0) is 13.1 Å². The number of carbonyl (C=O) groups excluding carboxylic acids is 1. The second kappa shape index (κ2) is 6.75. The molecule has 2 heterocycles. The Morgan fingerprint density at radius 3 is 2.79 bits per heavy atom. The quantitative estimate of drug-likeness (QED) is 0.838. The van der Waals surface area contributed by atoms with Gasteiger partial charge in [-0.1, -0.05) is 23.9 Å². The molecule has 126 valence electrons. The van der Waals surface area contributed by atoms with Gasteiger partial charge in [-0.25, -0.2) is 0 Å². The second-order valence-corrected chi connectivity index (χ2v) is 6.70. The summed E-state index contributed by atoms with van der Waals surface area (Å²) in [6, 6.07) is 7.89. The highest BCUT2D eigenvalue weighted by Gasteiger charge is 2.38. The summed E-state index contributed by atoms with van der Waals surface area (Å²) in [5.41, 5.74) is 1.44. The molecular formula is C17H19N3O3S. The second-order valence-electron chi connectivity index (χ2n) is 5.76. The highest BCUT2D eigenvalue weighted by atomic mass is 32.2. The Kier molecular flexibility index (Phi) is 4.69. The molecule has 1 saturated heterocycles. The van der Waals surface area contributed by atoms with Crippen molar-refractivity contribution in [3.05, 3.63) is 34.4 Å². The zero-order valence-electron chi connectivity index (χ0n) is 13.9. The van der Waals surface area contributed by atoms with Crippen molar-refractivity contribution in [2.45, 2.75) is 12.3 Å². The van der Waals surface area contributed by atoms with Crippen molar-refractivity contribution < 1.29 is 14.3 Å². The van der Waals surface area contributed by atoms with Gasteiger partial charge in [0.25, 0.3) is 0 Å². The van der Waals surface area contributed by atoms with E-state index in [-0.39, 0.29) is 18.2 Å². The molecule has 0 saturated carbocycles. The van der Waals surface area contributed by atoms with Gasteiger partial charge in [0.05, 0.1) is 43.4 Å². The Morgan fingerprint density at radius 1 is 1.33 bits per heavy atom. The highest BCUT2D eigenvalue weighted by molar-refractivity contribution is 8.03.